The zero-order chi connectivity index (χ0) is 13.5. The van der Waals surface area contributed by atoms with Crippen LogP contribution in [0.5, 0.6) is 5.75 Å². The van der Waals surface area contributed by atoms with Crippen molar-refractivity contribution in [3.63, 3.8) is 0 Å². The van der Waals surface area contributed by atoms with Crippen LogP contribution in [0.15, 0.2) is 53.9 Å². The summed E-state index contributed by atoms with van der Waals surface area (Å²) < 4.78 is 7.49. The molecule has 0 radical (unpaired) electrons. The van der Waals surface area contributed by atoms with Gasteiger partial charge in [0.15, 0.2) is 0 Å². The fourth-order valence-corrected chi connectivity index (χ4v) is 3.89. The van der Waals surface area contributed by atoms with Crippen molar-refractivity contribution in [2.75, 3.05) is 0 Å². The van der Waals surface area contributed by atoms with Crippen LogP contribution in [-0.4, -0.2) is 0 Å². The number of hydrogen-bond donors (Lipinski definition) is 1. The van der Waals surface area contributed by atoms with Gasteiger partial charge in [-0.3, -0.25) is 0 Å². The van der Waals surface area contributed by atoms with Crippen LogP contribution in [0.1, 0.15) is 29.7 Å². The van der Waals surface area contributed by atoms with Crippen LogP contribution in [-0.2, 0) is 0 Å². The van der Waals surface area contributed by atoms with E-state index in [4.69, 9.17) is 10.5 Å². The molecule has 2 atom stereocenters. The minimum atomic E-state index is 0.0450. The van der Waals surface area contributed by atoms with Crippen molar-refractivity contribution in [3.8, 4) is 5.75 Å². The summed E-state index contributed by atoms with van der Waals surface area (Å²) in [7, 11) is 0. The number of ether oxygens (including phenoxy) is 1. The minimum absolute atomic E-state index is 0.0450. The highest BCUT2D eigenvalue weighted by molar-refractivity contribution is 7.17. The highest BCUT2D eigenvalue weighted by Gasteiger charge is 2.28. The maximum atomic E-state index is 6.31. The third kappa shape index (κ3) is 1.82. The van der Waals surface area contributed by atoms with Gasteiger partial charge in [0.05, 0.1) is 0 Å². The summed E-state index contributed by atoms with van der Waals surface area (Å²) in [5.74, 6) is 0.923. The predicted octanol–water partition coefficient (Wildman–Crippen LogP) is 4.42. The molecule has 2 nitrogen and oxygen atoms in total. The van der Waals surface area contributed by atoms with Gasteiger partial charge in [0.1, 0.15) is 11.9 Å². The second-order valence-electron chi connectivity index (χ2n) is 5.17. The molecule has 100 valence electrons. The molecule has 0 saturated heterocycles. The molecule has 2 unspecified atom stereocenters. The van der Waals surface area contributed by atoms with Crippen LogP contribution in [0.3, 0.4) is 0 Å². The van der Waals surface area contributed by atoms with E-state index in [0.717, 1.165) is 17.7 Å². The van der Waals surface area contributed by atoms with Gasteiger partial charge in [0.25, 0.3) is 0 Å². The van der Waals surface area contributed by atoms with Gasteiger partial charge in [-0.05, 0) is 22.9 Å². The average molecular weight is 281 g/mol. The van der Waals surface area contributed by atoms with Crippen molar-refractivity contribution >= 4 is 21.4 Å². The van der Waals surface area contributed by atoms with Crippen LogP contribution in [0, 0.1) is 0 Å². The minimum Gasteiger partial charge on any atom is -0.485 e. The van der Waals surface area contributed by atoms with Crippen LogP contribution in [0.2, 0.25) is 0 Å². The van der Waals surface area contributed by atoms with Gasteiger partial charge < -0.3 is 10.5 Å². The number of rotatable bonds is 1. The van der Waals surface area contributed by atoms with Gasteiger partial charge in [0, 0.05) is 28.3 Å². The third-order valence-electron chi connectivity index (χ3n) is 3.91. The molecule has 3 aromatic rings. The van der Waals surface area contributed by atoms with E-state index >= 15 is 0 Å². The molecular weight excluding hydrogens is 266 g/mol. The number of thiophene rings is 1. The SMILES string of the molecule is NC1CC(c2csc3ccccc23)Oc2ccccc21. The lowest BCUT2D eigenvalue weighted by molar-refractivity contribution is 0.163. The first-order valence-electron chi connectivity index (χ1n) is 6.80. The Labute approximate surface area is 121 Å². The average Bonchev–Trinajstić information content (AvgIpc) is 2.91. The first kappa shape index (κ1) is 11.9. The molecule has 0 amide bonds. The van der Waals surface area contributed by atoms with Crippen LogP contribution >= 0.6 is 11.3 Å². The second-order valence-corrected chi connectivity index (χ2v) is 6.08. The fourth-order valence-electron chi connectivity index (χ4n) is 2.89. The maximum absolute atomic E-state index is 6.31. The van der Waals surface area contributed by atoms with E-state index in [2.05, 4.69) is 35.7 Å². The normalized spacial score (nSPS) is 21.4. The molecule has 0 saturated carbocycles. The van der Waals surface area contributed by atoms with Gasteiger partial charge >= 0.3 is 0 Å². The van der Waals surface area contributed by atoms with Crippen molar-refractivity contribution in [3.05, 3.63) is 65.0 Å². The summed E-state index contributed by atoms with van der Waals surface area (Å²) in [5, 5.41) is 3.49. The molecule has 0 aliphatic carbocycles. The van der Waals surface area contributed by atoms with E-state index in [1.165, 1.54) is 15.6 Å². The number of para-hydroxylation sites is 1. The number of benzene rings is 2. The topological polar surface area (TPSA) is 35.2 Å². The van der Waals surface area contributed by atoms with Crippen LogP contribution < -0.4 is 10.5 Å². The Morgan fingerprint density at radius 3 is 2.75 bits per heavy atom. The van der Waals surface area contributed by atoms with Crippen molar-refractivity contribution in [1.29, 1.82) is 0 Å². The van der Waals surface area contributed by atoms with Gasteiger partial charge in [-0.25, -0.2) is 0 Å². The monoisotopic (exact) mass is 281 g/mol. The molecule has 20 heavy (non-hydrogen) atoms. The molecule has 1 aromatic heterocycles. The second kappa shape index (κ2) is 4.62. The summed E-state index contributed by atoms with van der Waals surface area (Å²) in [5.41, 5.74) is 8.68. The van der Waals surface area contributed by atoms with Crippen LogP contribution in [0.25, 0.3) is 10.1 Å². The molecule has 2 heterocycles. The summed E-state index contributed by atoms with van der Waals surface area (Å²) in [6.07, 6.45) is 0.883. The Morgan fingerprint density at radius 2 is 1.80 bits per heavy atom. The van der Waals surface area contributed by atoms with Crippen LogP contribution in [0.4, 0.5) is 0 Å². The van der Waals surface area contributed by atoms with Crippen molar-refractivity contribution in [1.82, 2.24) is 0 Å². The third-order valence-corrected chi connectivity index (χ3v) is 4.90. The van der Waals surface area contributed by atoms with Crippen molar-refractivity contribution < 1.29 is 4.74 Å². The lowest BCUT2D eigenvalue weighted by atomic mass is 9.93. The molecule has 0 fully saturated rings. The molecule has 0 bridgehead atoms. The van der Waals surface area contributed by atoms with E-state index in [1.54, 1.807) is 11.3 Å². The van der Waals surface area contributed by atoms with Gasteiger partial charge in [0.2, 0.25) is 0 Å². The Morgan fingerprint density at radius 1 is 1.00 bits per heavy atom. The van der Waals surface area contributed by atoms with E-state index in [-0.39, 0.29) is 12.1 Å². The number of hydrogen-bond acceptors (Lipinski definition) is 3. The highest BCUT2D eigenvalue weighted by atomic mass is 32.1. The quantitative estimate of drug-likeness (QED) is 0.716. The Hall–Kier alpha value is -1.84. The summed E-state index contributed by atoms with van der Waals surface area (Å²) in [4.78, 5) is 0. The Kier molecular flexibility index (Phi) is 2.76. The lowest BCUT2D eigenvalue weighted by Crippen LogP contribution is -2.23. The molecule has 3 heteroatoms. The van der Waals surface area contributed by atoms with Gasteiger partial charge in [-0.2, -0.15) is 0 Å². The van der Waals surface area contributed by atoms with E-state index in [0.29, 0.717) is 0 Å². The largest absolute Gasteiger partial charge is 0.485 e. The fraction of sp³-hybridized carbons (Fsp3) is 0.176. The molecule has 0 spiro atoms. The highest BCUT2D eigenvalue weighted by Crippen LogP contribution is 2.42. The molecular formula is C17H15NOS. The van der Waals surface area contributed by atoms with Gasteiger partial charge in [-0.1, -0.05) is 36.4 Å². The first-order chi connectivity index (χ1) is 9.83. The standard InChI is InChI=1S/C17H15NOS/c18-14-9-16(19-15-7-3-1-6-12(14)15)13-10-20-17-8-4-2-5-11(13)17/h1-8,10,14,16H,9,18H2. The predicted molar refractivity (Wildman–Crippen MR) is 83.2 cm³/mol. The summed E-state index contributed by atoms with van der Waals surface area (Å²) >= 11 is 1.77. The summed E-state index contributed by atoms with van der Waals surface area (Å²) in [6, 6.07) is 16.6. The Bertz CT molecular complexity index is 764. The smallest absolute Gasteiger partial charge is 0.127 e. The van der Waals surface area contributed by atoms with E-state index < -0.39 is 0 Å². The molecule has 2 aromatic carbocycles. The zero-order valence-electron chi connectivity index (χ0n) is 11.0. The van der Waals surface area contributed by atoms with Crippen molar-refractivity contribution in [2.24, 2.45) is 5.73 Å². The Balaban J connectivity index is 1.78. The molecule has 2 N–H and O–H groups in total. The molecule has 1 aliphatic rings. The van der Waals surface area contributed by atoms with E-state index in [1.807, 2.05) is 18.2 Å². The maximum Gasteiger partial charge on any atom is 0.127 e. The van der Waals surface area contributed by atoms with Gasteiger partial charge in [-0.15, -0.1) is 11.3 Å². The molecule has 1 aliphatic heterocycles. The number of nitrogens with two attached hydrogens (primary N) is 1. The zero-order valence-corrected chi connectivity index (χ0v) is 11.8. The van der Waals surface area contributed by atoms with Crippen molar-refractivity contribution in [2.45, 2.75) is 18.6 Å². The lowest BCUT2D eigenvalue weighted by Gasteiger charge is -2.30. The number of fused-ring (bicyclic) bond motifs is 2. The molecule has 4 rings (SSSR count). The summed E-state index contributed by atoms with van der Waals surface area (Å²) in [6.45, 7) is 0. The van der Waals surface area contributed by atoms with E-state index in [9.17, 15) is 0 Å². The first-order valence-corrected chi connectivity index (χ1v) is 7.68.